The van der Waals surface area contributed by atoms with E-state index in [1.165, 1.54) is 37.7 Å². The summed E-state index contributed by atoms with van der Waals surface area (Å²) in [7, 11) is -0.906. The molecule has 1 nitrogen and oxygen atoms in total. The molecule has 0 spiro atoms. The molecule has 2 aliphatic carbocycles. The zero-order valence-corrected chi connectivity index (χ0v) is 14.1. The standard InChI is InChI=1S/C12H14OS.C5H10.Fe/c1-10-6-8-12(9-7-10)14(13)11-4-2-3-5-11;1-2-4-5-3-1;/h4,6-9H,2-3,5H2,1H3;1-5H2;/t14-;;/m0../s1. The van der Waals surface area contributed by atoms with Crippen molar-refractivity contribution in [2.75, 3.05) is 0 Å². The van der Waals surface area contributed by atoms with Crippen LogP contribution in [0.2, 0.25) is 0 Å². The first-order chi connectivity index (χ1) is 9.27. The van der Waals surface area contributed by atoms with Crippen LogP contribution in [0, 0.1) is 18.6 Å². The topological polar surface area (TPSA) is 17.1 Å². The van der Waals surface area contributed by atoms with Crippen molar-refractivity contribution in [3.63, 3.8) is 0 Å². The van der Waals surface area contributed by atoms with E-state index in [1.54, 1.807) is 0 Å². The Hall–Kier alpha value is -0.111. The van der Waals surface area contributed by atoms with E-state index in [1.807, 2.05) is 31.2 Å². The Balaban J connectivity index is 0.000000283. The van der Waals surface area contributed by atoms with E-state index in [4.69, 9.17) is 0 Å². The third-order valence-electron chi connectivity index (χ3n) is 3.72. The van der Waals surface area contributed by atoms with Crippen LogP contribution in [0.3, 0.4) is 0 Å². The quantitative estimate of drug-likeness (QED) is 0.699. The molecule has 0 aromatic heterocycles. The number of rotatable bonds is 2. The van der Waals surface area contributed by atoms with Crippen LogP contribution in [-0.2, 0) is 27.9 Å². The van der Waals surface area contributed by atoms with Gasteiger partial charge in [0.15, 0.2) is 0 Å². The molecule has 0 bridgehead atoms. The van der Waals surface area contributed by atoms with Gasteiger partial charge in [0, 0.05) is 22.0 Å². The molecule has 3 heteroatoms. The van der Waals surface area contributed by atoms with Gasteiger partial charge in [-0.2, -0.15) is 0 Å². The van der Waals surface area contributed by atoms with Crippen molar-refractivity contribution in [3.05, 3.63) is 41.5 Å². The maximum atomic E-state index is 12.0. The predicted molar refractivity (Wildman–Crippen MR) is 82.1 cm³/mol. The first kappa shape index (κ1) is 17.9. The number of hydrogen-bond donors (Lipinski definition) is 0. The maximum absolute atomic E-state index is 12.0. The fourth-order valence-electron chi connectivity index (χ4n) is 2.51. The van der Waals surface area contributed by atoms with Crippen molar-refractivity contribution >= 4 is 10.8 Å². The van der Waals surface area contributed by atoms with E-state index in [0.717, 1.165) is 29.4 Å². The maximum Gasteiger partial charge on any atom is 0.0714 e. The van der Waals surface area contributed by atoms with Crippen LogP contribution in [0.1, 0.15) is 56.9 Å². The molecular formula is C17H24FeOS. The molecule has 0 unspecified atom stereocenters. The monoisotopic (exact) mass is 332 g/mol. The van der Waals surface area contributed by atoms with Crippen molar-refractivity contribution in [1.29, 1.82) is 0 Å². The van der Waals surface area contributed by atoms with Gasteiger partial charge in [-0.25, -0.2) is 0 Å². The molecule has 2 saturated carbocycles. The number of benzene rings is 1. The van der Waals surface area contributed by atoms with Gasteiger partial charge in [-0.1, -0.05) is 56.2 Å². The van der Waals surface area contributed by atoms with Crippen LogP contribution in [0.15, 0.2) is 29.2 Å². The summed E-state index contributed by atoms with van der Waals surface area (Å²) in [5.41, 5.74) is 1.21. The van der Waals surface area contributed by atoms with Crippen molar-refractivity contribution in [3.8, 4) is 0 Å². The van der Waals surface area contributed by atoms with E-state index in [0.29, 0.717) is 0 Å². The Labute approximate surface area is 136 Å². The zero-order chi connectivity index (χ0) is 13.5. The van der Waals surface area contributed by atoms with Crippen LogP contribution < -0.4 is 0 Å². The molecule has 0 amide bonds. The molecule has 2 aliphatic rings. The summed E-state index contributed by atoms with van der Waals surface area (Å²) >= 11 is 0. The fourth-order valence-corrected chi connectivity index (χ4v) is 3.79. The van der Waals surface area contributed by atoms with Gasteiger partial charge in [-0.15, -0.1) is 0 Å². The van der Waals surface area contributed by atoms with E-state index >= 15 is 0 Å². The molecule has 2 radical (unpaired) electrons. The Morgan fingerprint density at radius 2 is 1.45 bits per heavy atom. The Morgan fingerprint density at radius 3 is 1.90 bits per heavy atom. The zero-order valence-electron chi connectivity index (χ0n) is 12.2. The van der Waals surface area contributed by atoms with Gasteiger partial charge in [-0.3, -0.25) is 4.21 Å². The Kier molecular flexibility index (Phi) is 8.75. The SMILES string of the molecule is C1CCCC1.Cc1ccc([S@@](=O)[C]2[CH]CCC2)cc1.[Fe]. The van der Waals surface area contributed by atoms with Crippen molar-refractivity contribution < 1.29 is 21.3 Å². The molecule has 112 valence electrons. The Morgan fingerprint density at radius 1 is 0.900 bits per heavy atom. The van der Waals surface area contributed by atoms with Gasteiger partial charge in [0.25, 0.3) is 0 Å². The van der Waals surface area contributed by atoms with Crippen molar-refractivity contribution in [2.45, 2.75) is 63.2 Å². The average Bonchev–Trinajstić information content (AvgIpc) is 3.15. The van der Waals surface area contributed by atoms with Crippen LogP contribution in [0.25, 0.3) is 0 Å². The van der Waals surface area contributed by atoms with Gasteiger partial charge < -0.3 is 0 Å². The minimum Gasteiger partial charge on any atom is -0.254 e. The normalized spacial score (nSPS) is 19.9. The molecule has 0 aliphatic heterocycles. The van der Waals surface area contributed by atoms with Gasteiger partial charge in [0.1, 0.15) is 0 Å². The molecule has 0 saturated heterocycles. The van der Waals surface area contributed by atoms with Gasteiger partial charge in [0.05, 0.1) is 16.0 Å². The van der Waals surface area contributed by atoms with Crippen LogP contribution in [0.4, 0.5) is 0 Å². The average molecular weight is 332 g/mol. The molecule has 0 N–H and O–H groups in total. The van der Waals surface area contributed by atoms with Gasteiger partial charge in [0.2, 0.25) is 0 Å². The first-order valence-corrected chi connectivity index (χ1v) is 8.60. The van der Waals surface area contributed by atoms with E-state index < -0.39 is 10.8 Å². The molecular weight excluding hydrogens is 308 g/mol. The summed E-state index contributed by atoms with van der Waals surface area (Å²) in [6, 6.07) is 7.96. The predicted octanol–water partition coefficient (Wildman–Crippen LogP) is 4.97. The van der Waals surface area contributed by atoms with E-state index in [2.05, 4.69) is 6.42 Å². The van der Waals surface area contributed by atoms with Gasteiger partial charge in [-0.05, 0) is 38.3 Å². The van der Waals surface area contributed by atoms with Crippen LogP contribution in [-0.4, -0.2) is 4.21 Å². The third kappa shape index (κ3) is 5.71. The van der Waals surface area contributed by atoms with E-state index in [9.17, 15) is 4.21 Å². The molecule has 3 rings (SSSR count). The summed E-state index contributed by atoms with van der Waals surface area (Å²) in [5, 5.41) is 1.11. The Bertz CT molecular complexity index is 384. The van der Waals surface area contributed by atoms with Crippen molar-refractivity contribution in [1.82, 2.24) is 0 Å². The third-order valence-corrected chi connectivity index (χ3v) is 5.27. The minimum atomic E-state index is -0.906. The molecule has 1 atom stereocenters. The number of hydrogen-bond acceptors (Lipinski definition) is 1. The summed E-state index contributed by atoms with van der Waals surface area (Å²) in [5.74, 6) is 0. The molecule has 20 heavy (non-hydrogen) atoms. The number of aryl methyl sites for hydroxylation is 1. The molecule has 1 aromatic rings. The minimum absolute atomic E-state index is 0. The summed E-state index contributed by atoms with van der Waals surface area (Å²) < 4.78 is 12.0. The summed E-state index contributed by atoms with van der Waals surface area (Å²) in [6.45, 7) is 2.04. The van der Waals surface area contributed by atoms with Crippen molar-refractivity contribution in [2.24, 2.45) is 0 Å². The molecule has 2 fully saturated rings. The molecule has 1 aromatic carbocycles. The summed E-state index contributed by atoms with van der Waals surface area (Å²) in [6.07, 6.45) is 12.9. The fraction of sp³-hybridized carbons (Fsp3) is 0.529. The second kappa shape index (κ2) is 9.76. The van der Waals surface area contributed by atoms with Crippen LogP contribution >= 0.6 is 0 Å². The summed E-state index contributed by atoms with van der Waals surface area (Å²) in [4.78, 5) is 0.934. The smallest absolute Gasteiger partial charge is 0.0714 e. The van der Waals surface area contributed by atoms with E-state index in [-0.39, 0.29) is 17.1 Å². The second-order valence-corrected chi connectivity index (χ2v) is 6.95. The second-order valence-electron chi connectivity index (χ2n) is 5.41. The largest absolute Gasteiger partial charge is 0.254 e. The first-order valence-electron chi connectivity index (χ1n) is 7.45. The molecule has 0 heterocycles. The van der Waals surface area contributed by atoms with Gasteiger partial charge >= 0.3 is 0 Å². The van der Waals surface area contributed by atoms with Crippen LogP contribution in [0.5, 0.6) is 0 Å².